The van der Waals surface area contributed by atoms with Crippen molar-refractivity contribution in [2.45, 2.75) is 26.0 Å². The molecule has 0 spiro atoms. The van der Waals surface area contributed by atoms with Gasteiger partial charge < -0.3 is 10.4 Å². The number of hydrogen-bond donors (Lipinski definition) is 2. The molecule has 0 aliphatic rings. The predicted octanol–water partition coefficient (Wildman–Crippen LogP) is 3.43. The van der Waals surface area contributed by atoms with E-state index in [2.05, 4.69) is 5.32 Å². The predicted molar refractivity (Wildman–Crippen MR) is 85.6 cm³/mol. The fourth-order valence-electron chi connectivity index (χ4n) is 2.35. The number of nitrogens with zero attached hydrogens (tertiary/aromatic N) is 1. The molecule has 0 aromatic heterocycles. The molecule has 0 fully saturated rings. The van der Waals surface area contributed by atoms with Crippen LogP contribution in [0.5, 0.6) is 0 Å². The molecule has 0 aliphatic carbocycles. The van der Waals surface area contributed by atoms with Crippen molar-refractivity contribution < 1.29 is 14.4 Å². The molecule has 23 heavy (non-hydrogen) atoms. The molecule has 5 nitrogen and oxygen atoms in total. The number of hydrogen-bond acceptors (Lipinski definition) is 4. The molecule has 2 rings (SSSR count). The highest BCUT2D eigenvalue weighted by atomic mass is 19.1. The number of aliphatic hydroxyl groups excluding tert-OH is 1. The first-order valence-electron chi connectivity index (χ1n) is 7.31. The Kier molecular flexibility index (Phi) is 5.41. The van der Waals surface area contributed by atoms with Crippen molar-refractivity contribution in [2.75, 3.05) is 6.54 Å². The highest BCUT2D eigenvalue weighted by Gasteiger charge is 2.16. The summed E-state index contributed by atoms with van der Waals surface area (Å²) >= 11 is 0. The van der Waals surface area contributed by atoms with E-state index in [4.69, 9.17) is 0 Å². The molecule has 2 atom stereocenters. The molecule has 2 aromatic carbocycles. The first kappa shape index (κ1) is 17.1. The van der Waals surface area contributed by atoms with Gasteiger partial charge in [0.15, 0.2) is 0 Å². The third kappa shape index (κ3) is 4.12. The normalized spacial score (nSPS) is 13.6. The Labute approximate surface area is 133 Å². The van der Waals surface area contributed by atoms with Crippen LogP contribution < -0.4 is 5.32 Å². The van der Waals surface area contributed by atoms with E-state index < -0.39 is 16.8 Å². The molecule has 0 amide bonds. The Bertz CT molecular complexity index is 706. The summed E-state index contributed by atoms with van der Waals surface area (Å²) in [6, 6.07) is 10.8. The van der Waals surface area contributed by atoms with E-state index in [0.717, 1.165) is 5.56 Å². The van der Waals surface area contributed by atoms with Gasteiger partial charge in [-0.2, -0.15) is 0 Å². The van der Waals surface area contributed by atoms with Crippen molar-refractivity contribution in [3.63, 3.8) is 0 Å². The lowest BCUT2D eigenvalue weighted by Gasteiger charge is -2.18. The minimum Gasteiger partial charge on any atom is -0.387 e. The zero-order valence-electron chi connectivity index (χ0n) is 13.0. The SMILES string of the molecule is Cc1ccc(C(C)NCC(O)c2ccccc2F)cc1[N+](=O)[O-]. The van der Waals surface area contributed by atoms with Gasteiger partial charge in [0, 0.05) is 29.8 Å². The molecule has 0 aliphatic heterocycles. The van der Waals surface area contributed by atoms with E-state index in [1.165, 1.54) is 18.2 Å². The maximum Gasteiger partial charge on any atom is 0.272 e. The monoisotopic (exact) mass is 318 g/mol. The van der Waals surface area contributed by atoms with Crippen LogP contribution in [0.3, 0.4) is 0 Å². The highest BCUT2D eigenvalue weighted by molar-refractivity contribution is 5.43. The lowest BCUT2D eigenvalue weighted by Crippen LogP contribution is -2.25. The third-order valence-electron chi connectivity index (χ3n) is 3.81. The third-order valence-corrected chi connectivity index (χ3v) is 3.81. The summed E-state index contributed by atoms with van der Waals surface area (Å²) in [6.45, 7) is 3.66. The number of rotatable bonds is 6. The van der Waals surface area contributed by atoms with Gasteiger partial charge in [0.1, 0.15) is 5.82 Å². The first-order valence-corrected chi connectivity index (χ1v) is 7.31. The van der Waals surface area contributed by atoms with Gasteiger partial charge in [0.25, 0.3) is 5.69 Å². The van der Waals surface area contributed by atoms with Crippen LogP contribution in [-0.4, -0.2) is 16.6 Å². The summed E-state index contributed by atoms with van der Waals surface area (Å²) in [7, 11) is 0. The number of aliphatic hydroxyl groups is 1. The first-order chi connectivity index (χ1) is 10.9. The van der Waals surface area contributed by atoms with Gasteiger partial charge in [0.2, 0.25) is 0 Å². The zero-order chi connectivity index (χ0) is 17.0. The van der Waals surface area contributed by atoms with Gasteiger partial charge >= 0.3 is 0 Å². The van der Waals surface area contributed by atoms with Crippen molar-refractivity contribution in [3.05, 3.63) is 75.1 Å². The fraction of sp³-hybridized carbons (Fsp3) is 0.294. The number of nitrogens with one attached hydrogen (secondary N) is 1. The molecule has 0 heterocycles. The molecule has 2 unspecified atom stereocenters. The average molecular weight is 318 g/mol. The minimum absolute atomic E-state index is 0.0609. The van der Waals surface area contributed by atoms with Gasteiger partial charge in [-0.15, -0.1) is 0 Å². The molecule has 6 heteroatoms. The number of benzene rings is 2. The Morgan fingerprint density at radius 1 is 1.30 bits per heavy atom. The Hall–Kier alpha value is -2.31. The summed E-state index contributed by atoms with van der Waals surface area (Å²) in [5.41, 5.74) is 1.62. The number of halogens is 1. The van der Waals surface area contributed by atoms with Crippen LogP contribution in [0.2, 0.25) is 0 Å². The van der Waals surface area contributed by atoms with Gasteiger partial charge in [0.05, 0.1) is 11.0 Å². The van der Waals surface area contributed by atoms with Crippen molar-refractivity contribution >= 4 is 5.69 Å². The summed E-state index contributed by atoms with van der Waals surface area (Å²) in [6.07, 6.45) is -0.987. The van der Waals surface area contributed by atoms with E-state index in [1.54, 1.807) is 31.2 Å². The zero-order valence-corrected chi connectivity index (χ0v) is 13.0. The topological polar surface area (TPSA) is 75.4 Å². The van der Waals surface area contributed by atoms with Crippen LogP contribution in [0.25, 0.3) is 0 Å². The molecule has 0 radical (unpaired) electrons. The van der Waals surface area contributed by atoms with Crippen LogP contribution in [-0.2, 0) is 0 Å². The van der Waals surface area contributed by atoms with Crippen molar-refractivity contribution in [1.82, 2.24) is 5.32 Å². The molecule has 2 N–H and O–H groups in total. The summed E-state index contributed by atoms with van der Waals surface area (Å²) in [5.74, 6) is -0.458. The number of nitro groups is 1. The van der Waals surface area contributed by atoms with Gasteiger partial charge in [-0.1, -0.05) is 30.3 Å². The molecule has 0 bridgehead atoms. The molecule has 0 saturated heterocycles. The largest absolute Gasteiger partial charge is 0.387 e. The van der Waals surface area contributed by atoms with Crippen molar-refractivity contribution in [1.29, 1.82) is 0 Å². The summed E-state index contributed by atoms with van der Waals surface area (Å²) in [5, 5.41) is 24.1. The summed E-state index contributed by atoms with van der Waals surface area (Å²) < 4.78 is 13.6. The highest BCUT2D eigenvalue weighted by Crippen LogP contribution is 2.24. The quantitative estimate of drug-likeness (QED) is 0.632. The number of nitro benzene ring substituents is 1. The lowest BCUT2D eigenvalue weighted by molar-refractivity contribution is -0.385. The van der Waals surface area contributed by atoms with Crippen LogP contribution in [0.4, 0.5) is 10.1 Å². The lowest BCUT2D eigenvalue weighted by atomic mass is 10.0. The standard InChI is InChI=1S/C17H19FN2O3/c1-11-7-8-13(9-16(11)20(22)23)12(2)19-10-17(21)14-5-3-4-6-15(14)18/h3-9,12,17,19,21H,10H2,1-2H3. The number of aryl methyl sites for hydroxylation is 1. The molecule has 2 aromatic rings. The van der Waals surface area contributed by atoms with E-state index in [0.29, 0.717) is 5.56 Å². The van der Waals surface area contributed by atoms with E-state index in [-0.39, 0.29) is 23.8 Å². The Morgan fingerprint density at radius 3 is 2.65 bits per heavy atom. The van der Waals surface area contributed by atoms with Crippen molar-refractivity contribution in [2.24, 2.45) is 0 Å². The van der Waals surface area contributed by atoms with Crippen LogP contribution in [0.1, 0.15) is 35.8 Å². The average Bonchev–Trinajstić information content (AvgIpc) is 2.52. The Morgan fingerprint density at radius 2 is 2.00 bits per heavy atom. The maximum atomic E-state index is 13.6. The van der Waals surface area contributed by atoms with Gasteiger partial charge in [-0.3, -0.25) is 10.1 Å². The second-order valence-electron chi connectivity index (χ2n) is 5.47. The molecular weight excluding hydrogens is 299 g/mol. The fourth-order valence-corrected chi connectivity index (χ4v) is 2.35. The molecule has 122 valence electrons. The van der Waals surface area contributed by atoms with Gasteiger partial charge in [-0.25, -0.2) is 4.39 Å². The van der Waals surface area contributed by atoms with E-state index in [1.807, 2.05) is 6.92 Å². The minimum atomic E-state index is -0.987. The second kappa shape index (κ2) is 7.30. The van der Waals surface area contributed by atoms with E-state index in [9.17, 15) is 19.6 Å². The molecular formula is C17H19FN2O3. The van der Waals surface area contributed by atoms with E-state index >= 15 is 0 Å². The molecule has 0 saturated carbocycles. The van der Waals surface area contributed by atoms with Crippen LogP contribution in [0, 0.1) is 22.9 Å². The second-order valence-corrected chi connectivity index (χ2v) is 5.47. The Balaban J connectivity index is 2.05. The van der Waals surface area contributed by atoms with Crippen molar-refractivity contribution in [3.8, 4) is 0 Å². The maximum absolute atomic E-state index is 13.6. The smallest absolute Gasteiger partial charge is 0.272 e. The van der Waals surface area contributed by atoms with Gasteiger partial charge in [-0.05, 0) is 25.5 Å². The summed E-state index contributed by atoms with van der Waals surface area (Å²) in [4.78, 5) is 10.6. The van der Waals surface area contributed by atoms with Crippen LogP contribution >= 0.6 is 0 Å². The van der Waals surface area contributed by atoms with Crippen LogP contribution in [0.15, 0.2) is 42.5 Å².